The van der Waals surface area contributed by atoms with Crippen LogP contribution in [0.25, 0.3) is 0 Å². The summed E-state index contributed by atoms with van der Waals surface area (Å²) in [5.41, 5.74) is -1.17. The van der Waals surface area contributed by atoms with Gasteiger partial charge in [0.05, 0.1) is 0 Å². The maximum atomic E-state index is 13.9. The van der Waals surface area contributed by atoms with Gasteiger partial charge in [0.15, 0.2) is 46.5 Å². The van der Waals surface area contributed by atoms with E-state index in [-0.39, 0.29) is 74.1 Å². The molecule has 0 amide bonds. The molecule has 6 unspecified atom stereocenters. The Kier molecular flexibility index (Phi) is 15.6. The molecule has 0 spiro atoms. The van der Waals surface area contributed by atoms with Crippen LogP contribution in [-0.4, -0.2) is 0 Å². The third-order valence-corrected chi connectivity index (χ3v) is 9.90. The van der Waals surface area contributed by atoms with Crippen molar-refractivity contribution in [2.75, 3.05) is 0 Å². The average molecular weight is 783 g/mol. The van der Waals surface area contributed by atoms with Crippen LogP contribution in [0.1, 0.15) is 100 Å². The van der Waals surface area contributed by atoms with Gasteiger partial charge in [0.25, 0.3) is 0 Å². The molecule has 0 N–H and O–H groups in total. The number of hydrogen-bond donors (Lipinski definition) is 0. The molecule has 2 aromatic carbocycles. The van der Waals surface area contributed by atoms with Gasteiger partial charge in [-0.25, -0.2) is 43.9 Å². The van der Waals surface area contributed by atoms with Gasteiger partial charge in [-0.3, -0.25) is 0 Å². The van der Waals surface area contributed by atoms with Crippen LogP contribution in [0.5, 0.6) is 0 Å². The maximum Gasteiger partial charge on any atom is 3.00 e. The van der Waals surface area contributed by atoms with Gasteiger partial charge in [-0.15, -0.1) is 0 Å². The van der Waals surface area contributed by atoms with Gasteiger partial charge in [0.1, 0.15) is 0 Å². The van der Waals surface area contributed by atoms with E-state index in [9.17, 15) is 43.9 Å². The van der Waals surface area contributed by atoms with Crippen LogP contribution in [0, 0.1) is 144 Å². The van der Waals surface area contributed by atoms with Gasteiger partial charge in [-0.2, -0.15) is 0 Å². The van der Waals surface area contributed by atoms with Gasteiger partial charge >= 0.3 is 39.9 Å². The molecule has 2 aromatic rings. The van der Waals surface area contributed by atoms with Crippen molar-refractivity contribution >= 4 is 0 Å². The second kappa shape index (κ2) is 16.8. The number of halogens is 10. The minimum Gasteiger partial charge on any atom is -0.358 e. The van der Waals surface area contributed by atoms with E-state index >= 15 is 0 Å². The molecule has 4 saturated carbocycles. The predicted octanol–water partition coefficient (Wildman–Crippen LogP) is 11.5. The molecule has 249 valence electrons. The van der Waals surface area contributed by atoms with Crippen LogP contribution in [-0.2, 0) is 0 Å². The zero-order valence-corrected chi connectivity index (χ0v) is 27.4. The standard InChI is InChI=1S/2C15H15F5.3CH3.Gd/c2*16-11-10(12(17)14(19)15(20)13(11)18)9-6-5-7-3-1-2-4-8(7)9;;;;/h2*7-9H,1-6H2;3*1H3;/q;;3*-1;+3. The summed E-state index contributed by atoms with van der Waals surface area (Å²) in [5.74, 6) is -18.2. The molecule has 6 atom stereocenters. The molecule has 0 heterocycles. The molecule has 0 saturated heterocycles. The third-order valence-electron chi connectivity index (χ3n) is 9.90. The minimum atomic E-state index is -2.07. The summed E-state index contributed by atoms with van der Waals surface area (Å²) in [4.78, 5) is 0. The molecule has 11 heteroatoms. The maximum absolute atomic E-state index is 13.9. The van der Waals surface area contributed by atoms with Crippen LogP contribution in [0.3, 0.4) is 0 Å². The zero-order valence-electron chi connectivity index (χ0n) is 25.1. The van der Waals surface area contributed by atoms with E-state index in [2.05, 4.69) is 0 Å². The number of benzene rings is 2. The number of rotatable bonds is 2. The van der Waals surface area contributed by atoms with Crippen LogP contribution in [0.2, 0.25) is 0 Å². The van der Waals surface area contributed by atoms with Crippen LogP contribution < -0.4 is 0 Å². The molecular formula is C33H39F10Gd. The summed E-state index contributed by atoms with van der Waals surface area (Å²) in [6.45, 7) is 0. The monoisotopic (exact) mass is 783 g/mol. The van der Waals surface area contributed by atoms with E-state index in [1.54, 1.807) is 0 Å². The first-order chi connectivity index (χ1) is 19.0. The van der Waals surface area contributed by atoms with E-state index in [0.29, 0.717) is 24.7 Å². The van der Waals surface area contributed by atoms with Gasteiger partial charge in [-0.1, -0.05) is 38.5 Å². The number of hydrogen-bond acceptors (Lipinski definition) is 0. The summed E-state index contributed by atoms with van der Waals surface area (Å²) in [6, 6.07) is 0. The van der Waals surface area contributed by atoms with Crippen molar-refractivity contribution in [2.24, 2.45) is 23.7 Å². The Bertz CT molecular complexity index is 1130. The van der Waals surface area contributed by atoms with E-state index in [1.165, 1.54) is 0 Å². The molecule has 4 aliphatic rings. The van der Waals surface area contributed by atoms with Crippen molar-refractivity contribution in [3.05, 3.63) is 91.6 Å². The molecule has 0 nitrogen and oxygen atoms in total. The Balaban J connectivity index is 0.000000403. The van der Waals surface area contributed by atoms with Gasteiger partial charge in [0.2, 0.25) is 11.6 Å². The van der Waals surface area contributed by atoms with Crippen molar-refractivity contribution in [2.45, 2.75) is 88.9 Å². The fourth-order valence-corrected chi connectivity index (χ4v) is 8.08. The number of fused-ring (bicyclic) bond motifs is 2. The molecule has 4 fully saturated rings. The molecule has 44 heavy (non-hydrogen) atoms. The fraction of sp³-hybridized carbons (Fsp3) is 0.545. The van der Waals surface area contributed by atoms with E-state index in [1.807, 2.05) is 0 Å². The summed E-state index contributed by atoms with van der Waals surface area (Å²) in [5, 5.41) is 0. The SMILES string of the molecule is Fc1c(F)c(F)c(C2CCC3CCCCC32)c(F)c1F.Fc1c(F)c(F)c(C2CCC3CCCCC32)c(F)c1F.[CH3-].[CH3-].[CH3-].[Gd+3]. The smallest absolute Gasteiger partial charge is 0.358 e. The van der Waals surface area contributed by atoms with Crippen molar-refractivity contribution in [1.29, 1.82) is 0 Å². The van der Waals surface area contributed by atoms with Crippen molar-refractivity contribution in [3.63, 3.8) is 0 Å². The topological polar surface area (TPSA) is 0 Å². The first kappa shape index (κ1) is 41.1. The van der Waals surface area contributed by atoms with Gasteiger partial charge in [0, 0.05) is 11.1 Å². The van der Waals surface area contributed by atoms with Crippen molar-refractivity contribution in [3.8, 4) is 0 Å². The molecule has 4 aliphatic carbocycles. The summed E-state index contributed by atoms with van der Waals surface area (Å²) in [6.07, 6.45) is 10.4. The Morgan fingerprint density at radius 1 is 0.318 bits per heavy atom. The van der Waals surface area contributed by atoms with E-state index in [4.69, 9.17) is 0 Å². The fourth-order valence-electron chi connectivity index (χ4n) is 8.08. The summed E-state index contributed by atoms with van der Waals surface area (Å²) >= 11 is 0. The molecule has 0 bridgehead atoms. The Morgan fingerprint density at radius 2 is 0.568 bits per heavy atom. The van der Waals surface area contributed by atoms with Crippen molar-refractivity contribution < 1.29 is 83.8 Å². The molecular weight excluding hydrogens is 744 g/mol. The first-order valence-electron chi connectivity index (χ1n) is 14.1. The predicted molar refractivity (Wildman–Crippen MR) is 147 cm³/mol. The van der Waals surface area contributed by atoms with Crippen molar-refractivity contribution in [1.82, 2.24) is 0 Å². The average Bonchev–Trinajstić information content (AvgIpc) is 3.58. The van der Waals surface area contributed by atoms with Gasteiger partial charge < -0.3 is 22.3 Å². The molecule has 0 aromatic heterocycles. The van der Waals surface area contributed by atoms with E-state index in [0.717, 1.165) is 64.2 Å². The Morgan fingerprint density at radius 3 is 0.864 bits per heavy atom. The summed E-state index contributed by atoms with van der Waals surface area (Å²) in [7, 11) is 0. The first-order valence-corrected chi connectivity index (χ1v) is 14.1. The van der Waals surface area contributed by atoms with Gasteiger partial charge in [-0.05, 0) is 74.0 Å². The largest absolute Gasteiger partial charge is 3.00 e. The van der Waals surface area contributed by atoms with Crippen LogP contribution >= 0.6 is 0 Å². The summed E-state index contributed by atoms with van der Waals surface area (Å²) < 4.78 is 135. The van der Waals surface area contributed by atoms with Crippen LogP contribution in [0.4, 0.5) is 43.9 Å². The minimum absolute atomic E-state index is 0. The Hall–Kier alpha value is -0.935. The second-order valence-electron chi connectivity index (χ2n) is 11.8. The quantitative estimate of drug-likeness (QED) is 0.123. The molecule has 0 aliphatic heterocycles. The molecule has 1 radical (unpaired) electrons. The third kappa shape index (κ3) is 7.29. The zero-order chi connectivity index (χ0) is 28.9. The molecule has 6 rings (SSSR count). The Labute approximate surface area is 286 Å². The second-order valence-corrected chi connectivity index (χ2v) is 11.8. The normalized spacial score (nSPS) is 26.9. The van der Waals surface area contributed by atoms with Crippen LogP contribution in [0.15, 0.2) is 0 Å². The van der Waals surface area contributed by atoms with E-state index < -0.39 is 81.1 Å².